The summed E-state index contributed by atoms with van der Waals surface area (Å²) in [4.78, 5) is 28.4. The first-order valence-corrected chi connectivity index (χ1v) is 12.0. The Morgan fingerprint density at radius 3 is 2.72 bits per heavy atom. The fraction of sp³-hybridized carbons (Fsp3) is 0.280. The highest BCUT2D eigenvalue weighted by Crippen LogP contribution is 2.38. The van der Waals surface area contributed by atoms with Gasteiger partial charge in [-0.2, -0.15) is 0 Å². The number of carbonyl (C=O) groups is 1. The molecule has 3 aromatic rings. The first-order chi connectivity index (χ1) is 15.5. The summed E-state index contributed by atoms with van der Waals surface area (Å²) in [5.74, 6) is 0.544. The van der Waals surface area contributed by atoms with Crippen molar-refractivity contribution in [3.05, 3.63) is 82.3 Å². The van der Waals surface area contributed by atoms with Crippen molar-refractivity contribution in [3.8, 4) is 0 Å². The smallest absolute Gasteiger partial charge is 0.255 e. The highest BCUT2D eigenvalue weighted by molar-refractivity contribution is 7.98. The number of thioether (sulfide) groups is 1. The number of nitrogen functional groups attached to an aromatic ring is 1. The van der Waals surface area contributed by atoms with Crippen LogP contribution in [0.15, 0.2) is 70.4 Å². The van der Waals surface area contributed by atoms with E-state index in [9.17, 15) is 9.59 Å². The molecule has 164 valence electrons. The lowest BCUT2D eigenvalue weighted by Crippen LogP contribution is -2.47. The molecule has 32 heavy (non-hydrogen) atoms. The molecule has 2 aliphatic rings. The maximum absolute atomic E-state index is 12.8. The number of nitrogens with zero attached hydrogens (tertiary/aromatic N) is 2. The summed E-state index contributed by atoms with van der Waals surface area (Å²) in [7, 11) is 0. The summed E-state index contributed by atoms with van der Waals surface area (Å²) in [6, 6.07) is 18.9. The number of carbonyl (C=O) groups excluding carboxylic acids is 1. The third-order valence-electron chi connectivity index (χ3n) is 6.47. The molecule has 1 fully saturated rings. The summed E-state index contributed by atoms with van der Waals surface area (Å²) < 4.78 is 1.93. The minimum Gasteiger partial charge on any atom is -0.397 e. The van der Waals surface area contributed by atoms with Crippen molar-refractivity contribution >= 4 is 34.7 Å². The van der Waals surface area contributed by atoms with Crippen LogP contribution in [0.25, 0.3) is 0 Å². The molecule has 0 saturated carbocycles. The largest absolute Gasteiger partial charge is 0.397 e. The fourth-order valence-electron chi connectivity index (χ4n) is 5.02. The number of nitrogens with two attached hydrogens (primary N) is 1. The van der Waals surface area contributed by atoms with Crippen LogP contribution in [-0.2, 0) is 6.54 Å². The average Bonchev–Trinajstić information content (AvgIpc) is 2.80. The molecule has 0 spiro atoms. The van der Waals surface area contributed by atoms with Gasteiger partial charge in [-0.25, -0.2) is 0 Å². The Kier molecular flexibility index (Phi) is 5.43. The van der Waals surface area contributed by atoms with Gasteiger partial charge in [0, 0.05) is 47.8 Å². The zero-order valence-electron chi connectivity index (χ0n) is 18.0. The van der Waals surface area contributed by atoms with Crippen LogP contribution in [0.4, 0.5) is 17.1 Å². The zero-order valence-corrected chi connectivity index (χ0v) is 18.8. The van der Waals surface area contributed by atoms with Crippen molar-refractivity contribution in [2.24, 2.45) is 5.92 Å². The highest BCUT2D eigenvalue weighted by atomic mass is 32.2. The topological polar surface area (TPSA) is 80.4 Å². The number of fused-ring (bicyclic) bond motifs is 4. The molecule has 2 atom stereocenters. The average molecular weight is 447 g/mol. The Hall–Kier alpha value is -3.19. The molecule has 6 nitrogen and oxygen atoms in total. The van der Waals surface area contributed by atoms with Crippen LogP contribution in [0.2, 0.25) is 0 Å². The van der Waals surface area contributed by atoms with Crippen LogP contribution in [0, 0.1) is 5.92 Å². The first kappa shape index (κ1) is 20.7. The van der Waals surface area contributed by atoms with E-state index >= 15 is 0 Å². The van der Waals surface area contributed by atoms with Crippen molar-refractivity contribution in [1.82, 2.24) is 4.57 Å². The van der Waals surface area contributed by atoms with Crippen molar-refractivity contribution in [2.45, 2.75) is 23.8 Å². The van der Waals surface area contributed by atoms with Gasteiger partial charge in [0.05, 0.1) is 17.1 Å². The third kappa shape index (κ3) is 3.77. The number of pyridine rings is 1. The van der Waals surface area contributed by atoms with E-state index in [1.807, 2.05) is 53.3 Å². The van der Waals surface area contributed by atoms with E-state index in [1.165, 1.54) is 0 Å². The molecular weight excluding hydrogens is 420 g/mol. The van der Waals surface area contributed by atoms with Crippen LogP contribution < -0.4 is 21.5 Å². The normalized spacial score (nSPS) is 19.3. The number of hydrogen-bond acceptors (Lipinski definition) is 5. The molecule has 1 saturated heterocycles. The molecule has 7 heteroatoms. The highest BCUT2D eigenvalue weighted by Gasteiger charge is 2.35. The second-order valence-corrected chi connectivity index (χ2v) is 9.38. The SMILES string of the molecule is CSc1ccccc1NC(=O)c1ccc(N2CC3CC(C2)c2cccc(=O)n2C3)c(N)c1. The summed E-state index contributed by atoms with van der Waals surface area (Å²) in [6.07, 6.45) is 3.08. The quantitative estimate of drug-likeness (QED) is 0.467. The molecule has 0 radical (unpaired) electrons. The van der Waals surface area contributed by atoms with E-state index in [2.05, 4.69) is 16.3 Å². The van der Waals surface area contributed by atoms with Crippen LogP contribution in [0.5, 0.6) is 0 Å². The second-order valence-electron chi connectivity index (χ2n) is 8.53. The lowest BCUT2D eigenvalue weighted by Gasteiger charge is -2.44. The molecule has 3 N–H and O–H groups in total. The molecular formula is C25H26N4O2S. The maximum atomic E-state index is 12.8. The summed E-state index contributed by atoms with van der Waals surface area (Å²) in [5.41, 5.74) is 10.5. The lowest BCUT2D eigenvalue weighted by atomic mass is 9.83. The molecule has 1 amide bonds. The lowest BCUT2D eigenvalue weighted by molar-refractivity contribution is 0.102. The standard InChI is InChI=1S/C25H26N4O2S/c1-32-23-7-3-2-5-20(23)27-25(31)17-9-10-22(19(26)12-17)28-13-16-11-18(15-28)21-6-4-8-24(30)29(21)14-16/h2-10,12,16,18H,11,13-15,26H2,1H3,(H,27,31). The first-order valence-electron chi connectivity index (χ1n) is 10.8. The van der Waals surface area contributed by atoms with Crippen LogP contribution in [0.3, 0.4) is 0 Å². The summed E-state index contributed by atoms with van der Waals surface area (Å²) >= 11 is 1.59. The maximum Gasteiger partial charge on any atom is 0.255 e. The summed E-state index contributed by atoms with van der Waals surface area (Å²) in [6.45, 7) is 2.42. The Labute approximate surface area is 191 Å². The number of para-hydroxylation sites is 1. The molecule has 5 rings (SSSR count). The predicted octanol–water partition coefficient (Wildman–Crippen LogP) is 4.03. The molecule has 2 aromatic carbocycles. The number of benzene rings is 2. The molecule has 0 aliphatic carbocycles. The third-order valence-corrected chi connectivity index (χ3v) is 7.26. The minimum absolute atomic E-state index is 0.0866. The Morgan fingerprint density at radius 2 is 1.91 bits per heavy atom. The second kappa shape index (κ2) is 8.39. The molecule has 2 unspecified atom stereocenters. The van der Waals surface area contributed by atoms with E-state index < -0.39 is 0 Å². The Morgan fingerprint density at radius 1 is 1.06 bits per heavy atom. The van der Waals surface area contributed by atoms with E-state index in [1.54, 1.807) is 23.9 Å². The van der Waals surface area contributed by atoms with Gasteiger partial charge in [0.2, 0.25) is 0 Å². The Balaban J connectivity index is 1.36. The molecule has 3 heterocycles. The Bertz CT molecular complexity index is 1240. The predicted molar refractivity (Wildman–Crippen MR) is 131 cm³/mol. The van der Waals surface area contributed by atoms with Gasteiger partial charge in [-0.15, -0.1) is 11.8 Å². The van der Waals surface area contributed by atoms with Crippen molar-refractivity contribution in [3.63, 3.8) is 0 Å². The number of hydrogen-bond donors (Lipinski definition) is 2. The monoisotopic (exact) mass is 446 g/mol. The van der Waals surface area contributed by atoms with Gasteiger partial charge in [-0.05, 0) is 55.0 Å². The number of anilines is 3. The van der Waals surface area contributed by atoms with Gasteiger partial charge in [-0.1, -0.05) is 18.2 Å². The van der Waals surface area contributed by atoms with Gasteiger partial charge < -0.3 is 20.5 Å². The van der Waals surface area contributed by atoms with E-state index in [0.717, 1.165) is 48.0 Å². The summed E-state index contributed by atoms with van der Waals surface area (Å²) in [5, 5.41) is 2.99. The number of nitrogens with one attached hydrogen (secondary N) is 1. The molecule has 2 aliphatic heterocycles. The van der Waals surface area contributed by atoms with Crippen molar-refractivity contribution in [2.75, 3.05) is 35.3 Å². The van der Waals surface area contributed by atoms with Crippen molar-refractivity contribution < 1.29 is 4.79 Å². The van der Waals surface area contributed by atoms with Gasteiger partial charge in [0.1, 0.15) is 0 Å². The van der Waals surface area contributed by atoms with Crippen LogP contribution in [-0.4, -0.2) is 29.8 Å². The molecule has 1 aromatic heterocycles. The van der Waals surface area contributed by atoms with Gasteiger partial charge in [0.15, 0.2) is 0 Å². The fourth-order valence-corrected chi connectivity index (χ4v) is 5.57. The van der Waals surface area contributed by atoms with E-state index in [4.69, 9.17) is 5.73 Å². The van der Waals surface area contributed by atoms with Crippen LogP contribution in [0.1, 0.15) is 28.4 Å². The van der Waals surface area contributed by atoms with Gasteiger partial charge in [-0.3, -0.25) is 9.59 Å². The number of aromatic nitrogens is 1. The number of amides is 1. The van der Waals surface area contributed by atoms with E-state index in [-0.39, 0.29) is 11.5 Å². The van der Waals surface area contributed by atoms with Gasteiger partial charge in [0.25, 0.3) is 11.5 Å². The molecule has 2 bridgehead atoms. The number of piperidine rings is 1. The zero-order chi connectivity index (χ0) is 22.2. The van der Waals surface area contributed by atoms with E-state index in [0.29, 0.717) is 23.1 Å². The number of rotatable bonds is 4. The van der Waals surface area contributed by atoms with Crippen molar-refractivity contribution in [1.29, 1.82) is 0 Å². The van der Waals surface area contributed by atoms with Crippen LogP contribution >= 0.6 is 11.8 Å². The minimum atomic E-state index is -0.173. The van der Waals surface area contributed by atoms with Gasteiger partial charge >= 0.3 is 0 Å².